The Morgan fingerprint density at radius 2 is 1.69 bits per heavy atom. The van der Waals surface area contributed by atoms with Crippen LogP contribution in [-0.4, -0.2) is 83.7 Å². The molecule has 270 valence electrons. The average molecular weight is 718 g/mol. The van der Waals surface area contributed by atoms with E-state index in [9.17, 15) is 29.4 Å². The molecular formula is C37H43N5O8S. The number of carbonyl (C=O) groups is 4. The van der Waals surface area contributed by atoms with Crippen molar-refractivity contribution in [2.75, 3.05) is 38.1 Å². The number of esters is 1. The van der Waals surface area contributed by atoms with Gasteiger partial charge in [0.15, 0.2) is 6.04 Å². The van der Waals surface area contributed by atoms with E-state index in [2.05, 4.69) is 20.4 Å². The lowest BCUT2D eigenvalue weighted by Gasteiger charge is -2.30. The lowest BCUT2D eigenvalue weighted by molar-refractivity contribution is -0.143. The predicted molar refractivity (Wildman–Crippen MR) is 194 cm³/mol. The van der Waals surface area contributed by atoms with Crippen LogP contribution in [0.4, 0.5) is 11.4 Å². The Morgan fingerprint density at radius 1 is 0.980 bits per heavy atom. The van der Waals surface area contributed by atoms with Crippen molar-refractivity contribution < 1.29 is 38.9 Å². The Labute approximate surface area is 300 Å². The zero-order valence-corrected chi connectivity index (χ0v) is 30.2. The second-order valence-corrected chi connectivity index (χ2v) is 12.9. The summed E-state index contributed by atoms with van der Waals surface area (Å²) in [6, 6.07) is 14.7. The van der Waals surface area contributed by atoms with E-state index in [1.165, 1.54) is 45.4 Å². The van der Waals surface area contributed by atoms with Crippen molar-refractivity contribution in [3.8, 4) is 11.5 Å². The van der Waals surface area contributed by atoms with E-state index in [-0.39, 0.29) is 35.0 Å². The monoisotopic (exact) mass is 717 g/mol. The number of anilines is 2. The van der Waals surface area contributed by atoms with Crippen LogP contribution in [0.2, 0.25) is 0 Å². The third kappa shape index (κ3) is 9.61. The number of aryl methyl sites for hydroxylation is 1. The summed E-state index contributed by atoms with van der Waals surface area (Å²) in [5, 5.41) is 28.9. The van der Waals surface area contributed by atoms with Gasteiger partial charge in [0.2, 0.25) is 0 Å². The summed E-state index contributed by atoms with van der Waals surface area (Å²) in [5.41, 5.74) is 2.58. The molecule has 4 N–H and O–H groups in total. The Bertz CT molecular complexity index is 1880. The highest BCUT2D eigenvalue weighted by atomic mass is 32.1. The van der Waals surface area contributed by atoms with Crippen LogP contribution in [-0.2, 0) is 22.6 Å². The largest absolute Gasteiger partial charge is 0.506 e. The van der Waals surface area contributed by atoms with Gasteiger partial charge < -0.3 is 40.1 Å². The molecule has 4 rings (SSSR count). The van der Waals surface area contributed by atoms with E-state index in [4.69, 9.17) is 4.74 Å². The number of phenolic OH excluding ortho intramolecular Hbond substituents is 1. The minimum Gasteiger partial charge on any atom is -0.506 e. The Morgan fingerprint density at radius 3 is 2.29 bits per heavy atom. The highest BCUT2D eigenvalue weighted by Gasteiger charge is 2.28. The third-order valence-corrected chi connectivity index (χ3v) is 9.13. The maximum atomic E-state index is 14.4. The number of hydrogen-bond acceptors (Lipinski definition) is 11. The van der Waals surface area contributed by atoms with Gasteiger partial charge in [0.1, 0.15) is 16.5 Å². The van der Waals surface area contributed by atoms with Crippen molar-refractivity contribution in [3.05, 3.63) is 99.0 Å². The minimum absolute atomic E-state index is 0.0168. The third-order valence-electron chi connectivity index (χ3n) is 8.18. The molecule has 13 nitrogen and oxygen atoms in total. The number of thiazole rings is 1. The molecule has 2 unspecified atom stereocenters. The maximum absolute atomic E-state index is 14.4. The molecule has 0 aliphatic heterocycles. The number of nitrogens with one attached hydrogen (secondary N) is 2. The number of hydrogen-bond donors (Lipinski definition) is 4. The van der Waals surface area contributed by atoms with Crippen molar-refractivity contribution in [2.24, 2.45) is 0 Å². The van der Waals surface area contributed by atoms with Gasteiger partial charge in [-0.25, -0.2) is 9.78 Å². The minimum atomic E-state index is -1.37. The van der Waals surface area contributed by atoms with Gasteiger partial charge in [0.05, 0.1) is 33.1 Å². The van der Waals surface area contributed by atoms with Crippen molar-refractivity contribution in [1.82, 2.24) is 15.2 Å². The summed E-state index contributed by atoms with van der Waals surface area (Å²) in [6.45, 7) is 5.48. The van der Waals surface area contributed by atoms with Gasteiger partial charge in [0, 0.05) is 59.2 Å². The molecule has 14 heteroatoms. The second kappa shape index (κ2) is 17.5. The number of nitrogens with zero attached hydrogens (tertiary/aromatic N) is 3. The molecule has 1 aromatic heterocycles. The quantitative estimate of drug-likeness (QED) is 0.0994. The summed E-state index contributed by atoms with van der Waals surface area (Å²) in [6.07, 6.45) is 0.543. The molecule has 3 amide bonds. The molecule has 0 radical (unpaired) electrons. The summed E-state index contributed by atoms with van der Waals surface area (Å²) in [7, 11) is 4.30. The van der Waals surface area contributed by atoms with E-state index in [0.717, 1.165) is 18.4 Å². The molecule has 0 aliphatic rings. The molecule has 3 aromatic carbocycles. The van der Waals surface area contributed by atoms with Crippen molar-refractivity contribution in [1.29, 1.82) is 0 Å². The molecule has 0 spiro atoms. The van der Waals surface area contributed by atoms with Crippen LogP contribution >= 0.6 is 11.3 Å². The van der Waals surface area contributed by atoms with Crippen LogP contribution in [0.3, 0.4) is 0 Å². The van der Waals surface area contributed by atoms with E-state index < -0.39 is 36.3 Å². The van der Waals surface area contributed by atoms with Crippen LogP contribution in [0.5, 0.6) is 11.5 Å². The van der Waals surface area contributed by atoms with Gasteiger partial charge in [-0.1, -0.05) is 19.1 Å². The number of aliphatic hydroxyl groups is 1. The molecule has 1 heterocycles. The van der Waals surface area contributed by atoms with Gasteiger partial charge in [-0.05, 0) is 68.3 Å². The number of phenols is 1. The molecule has 2 atom stereocenters. The molecule has 4 aromatic rings. The first kappa shape index (κ1) is 38.3. The van der Waals surface area contributed by atoms with Crippen LogP contribution < -0.4 is 20.3 Å². The van der Waals surface area contributed by atoms with Crippen LogP contribution in [0, 0.1) is 6.92 Å². The Kier molecular flexibility index (Phi) is 13.1. The number of benzene rings is 3. The predicted octanol–water partition coefficient (Wildman–Crippen LogP) is 4.76. The van der Waals surface area contributed by atoms with Gasteiger partial charge in [-0.15, -0.1) is 11.3 Å². The lowest BCUT2D eigenvalue weighted by Crippen LogP contribution is -2.44. The fourth-order valence-electron chi connectivity index (χ4n) is 5.23. The Balaban J connectivity index is 1.69. The number of carbonyl (C=O) groups excluding carboxylic acids is 4. The zero-order chi connectivity index (χ0) is 37.2. The number of aromatic hydroxyl groups is 1. The summed E-state index contributed by atoms with van der Waals surface area (Å²) >= 11 is 1.41. The van der Waals surface area contributed by atoms with Crippen molar-refractivity contribution in [3.63, 3.8) is 0 Å². The highest BCUT2D eigenvalue weighted by Crippen LogP contribution is 2.32. The van der Waals surface area contributed by atoms with Crippen molar-refractivity contribution in [2.45, 2.75) is 52.4 Å². The maximum Gasteiger partial charge on any atom is 0.330 e. The second-order valence-electron chi connectivity index (χ2n) is 11.9. The first-order chi connectivity index (χ1) is 24.4. The normalized spacial score (nSPS) is 12.0. The van der Waals surface area contributed by atoms with E-state index >= 15 is 0 Å². The van der Waals surface area contributed by atoms with E-state index in [0.29, 0.717) is 35.1 Å². The van der Waals surface area contributed by atoms with Gasteiger partial charge in [-0.3, -0.25) is 14.4 Å². The number of amides is 3. The Hall–Kier alpha value is -5.47. The van der Waals surface area contributed by atoms with Crippen molar-refractivity contribution >= 4 is 46.4 Å². The molecule has 0 fully saturated rings. The van der Waals surface area contributed by atoms with Gasteiger partial charge in [0.25, 0.3) is 17.7 Å². The number of methoxy groups -OCH3 is 2. The molecule has 0 bridgehead atoms. The number of aliphatic hydroxyl groups excluding tert-OH is 1. The molecule has 0 aliphatic carbocycles. The number of rotatable bonds is 15. The van der Waals surface area contributed by atoms with E-state index in [1.54, 1.807) is 26.3 Å². The molecule has 0 saturated heterocycles. The summed E-state index contributed by atoms with van der Waals surface area (Å²) < 4.78 is 9.96. The number of ether oxygens (including phenoxy) is 2. The highest BCUT2D eigenvalue weighted by molar-refractivity contribution is 7.09. The smallest absolute Gasteiger partial charge is 0.330 e. The molecule has 0 saturated carbocycles. The van der Waals surface area contributed by atoms with Gasteiger partial charge >= 0.3 is 5.97 Å². The van der Waals surface area contributed by atoms with Crippen LogP contribution in [0.15, 0.2) is 66.0 Å². The molecular weight excluding hydrogens is 675 g/mol. The fourth-order valence-corrected chi connectivity index (χ4v) is 6.06. The summed E-state index contributed by atoms with van der Waals surface area (Å²) in [5.74, 6) is -2.05. The number of aromatic nitrogens is 1. The lowest BCUT2D eigenvalue weighted by atomic mass is 10.0. The zero-order valence-electron chi connectivity index (χ0n) is 29.4. The van der Waals surface area contributed by atoms with E-state index in [1.807, 2.05) is 50.4 Å². The SMILES string of the molecule is CCC(C)N(C(=O)c1cc(C(=O)NC(CO)C(=O)OC)cc(C(=O)N(C)Cc2nc(C)cs2)c1)c1ccc(NCc2cccc(OC)c2)c(O)c1. The van der Waals surface area contributed by atoms with Gasteiger partial charge in [-0.2, -0.15) is 0 Å². The topological polar surface area (TPSA) is 171 Å². The first-order valence-electron chi connectivity index (χ1n) is 16.2. The molecule has 51 heavy (non-hydrogen) atoms. The first-order valence-corrected chi connectivity index (χ1v) is 17.1. The van der Waals surface area contributed by atoms with Crippen LogP contribution in [0.25, 0.3) is 0 Å². The summed E-state index contributed by atoms with van der Waals surface area (Å²) in [4.78, 5) is 61.0. The fraction of sp³-hybridized carbons (Fsp3) is 0.324. The average Bonchev–Trinajstić information content (AvgIpc) is 3.56. The van der Waals surface area contributed by atoms with Crippen LogP contribution in [0.1, 0.15) is 67.6 Å². The standard InChI is InChI=1S/C37H43N5O8S/c1-7-23(3)42(28-11-12-30(32(44)17-28)38-18-24-9-8-10-29(13-24)49-5)36(47)27-15-25(34(45)40-31(20-43)37(48)50-6)14-26(16-27)35(46)41(4)19-33-39-22(2)21-51-33/h8-17,21,23,31,38,43-44H,7,18-20H2,1-6H3,(H,40,45).